The molecule has 3 nitrogen and oxygen atoms in total. The summed E-state index contributed by atoms with van der Waals surface area (Å²) in [6.07, 6.45) is 1.21. The molecule has 1 rings (SSSR count). The van der Waals surface area contributed by atoms with Gasteiger partial charge in [0, 0.05) is 13.2 Å². The second-order valence-corrected chi connectivity index (χ2v) is 4.43. The van der Waals surface area contributed by atoms with E-state index in [0.29, 0.717) is 18.7 Å². The maximum atomic E-state index is 12.9. The van der Waals surface area contributed by atoms with Crippen molar-refractivity contribution in [1.82, 2.24) is 5.32 Å². The summed E-state index contributed by atoms with van der Waals surface area (Å²) >= 11 is 0. The highest BCUT2D eigenvalue weighted by atomic mass is 19.1. The van der Waals surface area contributed by atoms with Crippen LogP contribution in [-0.4, -0.2) is 25.2 Å². The zero-order valence-corrected chi connectivity index (χ0v) is 10.9. The van der Waals surface area contributed by atoms with Crippen LogP contribution in [0.5, 0.6) is 0 Å². The van der Waals surface area contributed by atoms with Crippen LogP contribution in [0.3, 0.4) is 0 Å². The first-order chi connectivity index (χ1) is 8.58. The van der Waals surface area contributed by atoms with Crippen LogP contribution in [0.1, 0.15) is 25.8 Å². The molecule has 0 heterocycles. The van der Waals surface area contributed by atoms with Crippen molar-refractivity contribution in [3.05, 3.63) is 35.6 Å². The van der Waals surface area contributed by atoms with Gasteiger partial charge < -0.3 is 10.1 Å². The van der Waals surface area contributed by atoms with Crippen molar-refractivity contribution in [2.24, 2.45) is 0 Å². The molecule has 0 unspecified atom stereocenters. The molecule has 0 aromatic heterocycles. The van der Waals surface area contributed by atoms with Crippen molar-refractivity contribution in [1.29, 1.82) is 0 Å². The second kappa shape index (κ2) is 7.82. The maximum absolute atomic E-state index is 12.9. The number of carbonyl (C=O) groups excluding carboxylic acids is 1. The lowest BCUT2D eigenvalue weighted by atomic mass is 10.1. The maximum Gasteiger partial charge on any atom is 0.224 e. The van der Waals surface area contributed by atoms with Crippen LogP contribution in [0, 0.1) is 5.82 Å². The summed E-state index contributed by atoms with van der Waals surface area (Å²) < 4.78 is 18.3. The molecule has 0 saturated carbocycles. The molecule has 0 radical (unpaired) electrons. The van der Waals surface area contributed by atoms with Gasteiger partial charge in [-0.1, -0.05) is 12.1 Å². The minimum absolute atomic E-state index is 0.0925. The Bertz CT molecular complexity index is 380. The lowest BCUT2D eigenvalue weighted by Gasteiger charge is -2.08. The zero-order chi connectivity index (χ0) is 13.4. The fourth-order valence-electron chi connectivity index (χ4n) is 1.51. The number of nitrogens with one attached hydrogen (secondary N) is 1. The molecule has 18 heavy (non-hydrogen) atoms. The highest BCUT2D eigenvalue weighted by molar-refractivity contribution is 5.78. The molecule has 0 aliphatic carbocycles. The summed E-state index contributed by atoms with van der Waals surface area (Å²) in [5.74, 6) is -0.407. The van der Waals surface area contributed by atoms with E-state index in [1.54, 1.807) is 12.1 Å². The summed E-state index contributed by atoms with van der Waals surface area (Å²) in [5.41, 5.74) is 0.686. The summed E-state index contributed by atoms with van der Waals surface area (Å²) in [4.78, 5) is 11.5. The number of hydrogen-bond donors (Lipinski definition) is 1. The monoisotopic (exact) mass is 253 g/mol. The van der Waals surface area contributed by atoms with Gasteiger partial charge in [0.25, 0.3) is 0 Å². The Labute approximate surface area is 107 Å². The van der Waals surface area contributed by atoms with E-state index in [1.165, 1.54) is 12.1 Å². The van der Waals surface area contributed by atoms with Crippen molar-refractivity contribution < 1.29 is 13.9 Å². The molecule has 1 N–H and O–H groups in total. The Morgan fingerprint density at radius 1 is 1.44 bits per heavy atom. The van der Waals surface area contributed by atoms with Crippen LogP contribution in [0.15, 0.2) is 24.3 Å². The molecule has 0 aliphatic heterocycles. The Morgan fingerprint density at radius 2 is 2.22 bits per heavy atom. The standard InChI is InChI=1S/C14H20FNO2/c1-11(2)18-8-4-7-16-14(17)10-12-5-3-6-13(15)9-12/h3,5-6,9,11H,4,7-8,10H2,1-2H3,(H,16,17). The molecule has 0 atom stereocenters. The Morgan fingerprint density at radius 3 is 2.89 bits per heavy atom. The molecule has 0 saturated heterocycles. The zero-order valence-electron chi connectivity index (χ0n) is 10.9. The lowest BCUT2D eigenvalue weighted by Crippen LogP contribution is -2.27. The van der Waals surface area contributed by atoms with Gasteiger partial charge in [-0.05, 0) is 38.0 Å². The number of carbonyl (C=O) groups is 1. The van der Waals surface area contributed by atoms with Gasteiger partial charge in [0.2, 0.25) is 5.91 Å². The van der Waals surface area contributed by atoms with E-state index < -0.39 is 0 Å². The second-order valence-electron chi connectivity index (χ2n) is 4.43. The van der Waals surface area contributed by atoms with E-state index in [4.69, 9.17) is 4.74 Å². The number of ether oxygens (including phenoxy) is 1. The highest BCUT2D eigenvalue weighted by Gasteiger charge is 2.03. The predicted octanol–water partition coefficient (Wildman–Crippen LogP) is 2.30. The molecule has 0 fully saturated rings. The van der Waals surface area contributed by atoms with Crippen LogP contribution in [0.2, 0.25) is 0 Å². The molecule has 1 aromatic carbocycles. The minimum atomic E-state index is -0.314. The van der Waals surface area contributed by atoms with Gasteiger partial charge in [0.15, 0.2) is 0 Å². The molecule has 0 aliphatic rings. The van der Waals surface area contributed by atoms with Gasteiger partial charge in [-0.3, -0.25) is 4.79 Å². The molecule has 0 spiro atoms. The molecular weight excluding hydrogens is 233 g/mol. The van der Waals surface area contributed by atoms with Crippen LogP contribution in [0.25, 0.3) is 0 Å². The Hall–Kier alpha value is -1.42. The summed E-state index contributed by atoms with van der Waals surface area (Å²) in [6, 6.07) is 6.09. The van der Waals surface area contributed by atoms with Crippen LogP contribution < -0.4 is 5.32 Å². The first-order valence-electron chi connectivity index (χ1n) is 6.20. The predicted molar refractivity (Wildman–Crippen MR) is 68.8 cm³/mol. The van der Waals surface area contributed by atoms with Crippen LogP contribution in [0.4, 0.5) is 4.39 Å². The smallest absolute Gasteiger partial charge is 0.224 e. The number of hydrogen-bond acceptors (Lipinski definition) is 2. The SMILES string of the molecule is CC(C)OCCCNC(=O)Cc1cccc(F)c1. The van der Waals surface area contributed by atoms with E-state index in [0.717, 1.165) is 6.42 Å². The van der Waals surface area contributed by atoms with Gasteiger partial charge in [-0.25, -0.2) is 4.39 Å². The van der Waals surface area contributed by atoms with Crippen molar-refractivity contribution in [3.63, 3.8) is 0 Å². The lowest BCUT2D eigenvalue weighted by molar-refractivity contribution is -0.120. The van der Waals surface area contributed by atoms with E-state index in [-0.39, 0.29) is 24.2 Å². The molecule has 1 amide bonds. The van der Waals surface area contributed by atoms with E-state index >= 15 is 0 Å². The average Bonchev–Trinajstić information content (AvgIpc) is 2.28. The number of halogens is 1. The third kappa shape index (κ3) is 6.35. The van der Waals surface area contributed by atoms with Gasteiger partial charge in [-0.2, -0.15) is 0 Å². The average molecular weight is 253 g/mol. The number of benzene rings is 1. The highest BCUT2D eigenvalue weighted by Crippen LogP contribution is 2.04. The summed E-state index contributed by atoms with van der Waals surface area (Å²) in [6.45, 7) is 5.17. The topological polar surface area (TPSA) is 38.3 Å². The summed E-state index contributed by atoms with van der Waals surface area (Å²) in [7, 11) is 0. The van der Waals surface area contributed by atoms with Crippen molar-refractivity contribution in [2.75, 3.05) is 13.2 Å². The van der Waals surface area contributed by atoms with Crippen molar-refractivity contribution in [3.8, 4) is 0 Å². The van der Waals surface area contributed by atoms with E-state index in [1.807, 2.05) is 13.8 Å². The fraction of sp³-hybridized carbons (Fsp3) is 0.500. The van der Waals surface area contributed by atoms with Gasteiger partial charge in [0.05, 0.1) is 12.5 Å². The van der Waals surface area contributed by atoms with Gasteiger partial charge in [0.1, 0.15) is 5.82 Å². The quantitative estimate of drug-likeness (QED) is 0.757. The summed E-state index contributed by atoms with van der Waals surface area (Å²) in [5, 5.41) is 2.78. The number of rotatable bonds is 7. The normalized spacial score (nSPS) is 10.7. The van der Waals surface area contributed by atoms with Gasteiger partial charge in [-0.15, -0.1) is 0 Å². The first-order valence-corrected chi connectivity index (χ1v) is 6.20. The number of amides is 1. The first kappa shape index (κ1) is 14.6. The third-order valence-electron chi connectivity index (χ3n) is 2.35. The van der Waals surface area contributed by atoms with Crippen molar-refractivity contribution in [2.45, 2.75) is 32.8 Å². The minimum Gasteiger partial charge on any atom is -0.379 e. The molecular formula is C14H20FNO2. The van der Waals surface area contributed by atoms with Crippen LogP contribution in [-0.2, 0) is 16.0 Å². The molecule has 100 valence electrons. The third-order valence-corrected chi connectivity index (χ3v) is 2.35. The Balaban J connectivity index is 2.18. The molecule has 1 aromatic rings. The Kier molecular flexibility index (Phi) is 6.36. The van der Waals surface area contributed by atoms with Gasteiger partial charge >= 0.3 is 0 Å². The van der Waals surface area contributed by atoms with E-state index in [9.17, 15) is 9.18 Å². The fourth-order valence-corrected chi connectivity index (χ4v) is 1.51. The largest absolute Gasteiger partial charge is 0.379 e. The molecule has 0 bridgehead atoms. The van der Waals surface area contributed by atoms with Crippen LogP contribution >= 0.6 is 0 Å². The van der Waals surface area contributed by atoms with Crippen molar-refractivity contribution >= 4 is 5.91 Å². The molecule has 4 heteroatoms. The van der Waals surface area contributed by atoms with E-state index in [2.05, 4.69) is 5.32 Å².